The smallest absolute Gasteiger partial charge is 0.434 e. The maximum absolute atomic E-state index is 12.7. The van der Waals surface area contributed by atoms with Crippen molar-refractivity contribution in [3.8, 4) is 11.5 Å². The normalized spacial score (nSPS) is 10.9. The molecule has 0 radical (unpaired) electrons. The van der Waals surface area contributed by atoms with Crippen LogP contribution in [0.5, 0.6) is 11.5 Å². The summed E-state index contributed by atoms with van der Waals surface area (Å²) < 4.78 is 16.3. The average Bonchev–Trinajstić information content (AvgIpc) is 2.69. The summed E-state index contributed by atoms with van der Waals surface area (Å²) in [7, 11) is 0. The third-order valence-electron chi connectivity index (χ3n) is 4.58. The fraction of sp³-hybridized carbons (Fsp3) is 0.417. The van der Waals surface area contributed by atoms with Crippen molar-refractivity contribution in [3.63, 3.8) is 0 Å². The van der Waals surface area contributed by atoms with E-state index in [2.05, 4.69) is 0 Å². The summed E-state index contributed by atoms with van der Waals surface area (Å²) in [6.07, 6.45) is 0.830. The Morgan fingerprint density at radius 3 is 2.20 bits per heavy atom. The molecule has 0 aliphatic carbocycles. The Hall–Kier alpha value is -2.53. The van der Waals surface area contributed by atoms with Crippen LogP contribution < -0.4 is 9.47 Å². The summed E-state index contributed by atoms with van der Waals surface area (Å²) in [5.41, 5.74) is 2.10. The molecular formula is C24H29ClO5. The van der Waals surface area contributed by atoms with E-state index in [-0.39, 0.29) is 29.9 Å². The van der Waals surface area contributed by atoms with Crippen molar-refractivity contribution in [2.45, 2.75) is 59.3 Å². The number of carbonyl (C=O) groups excluding carboxylic acids is 2. The van der Waals surface area contributed by atoms with E-state index in [1.165, 1.54) is 0 Å². The summed E-state index contributed by atoms with van der Waals surface area (Å²) in [5.74, 6) is 0.0720. The first-order valence-corrected chi connectivity index (χ1v) is 10.6. The molecule has 162 valence electrons. The predicted molar refractivity (Wildman–Crippen MR) is 118 cm³/mol. The zero-order valence-electron chi connectivity index (χ0n) is 18.2. The van der Waals surface area contributed by atoms with Crippen LogP contribution >= 0.6 is 11.6 Å². The van der Waals surface area contributed by atoms with Crippen molar-refractivity contribution in [3.05, 3.63) is 58.1 Å². The second kappa shape index (κ2) is 11.0. The number of ether oxygens (including phenoxy) is 3. The number of benzene rings is 2. The van der Waals surface area contributed by atoms with Crippen molar-refractivity contribution >= 4 is 23.7 Å². The fourth-order valence-electron chi connectivity index (χ4n) is 2.75. The van der Waals surface area contributed by atoms with Crippen LogP contribution in [0.15, 0.2) is 36.4 Å². The molecule has 5 nitrogen and oxygen atoms in total. The summed E-state index contributed by atoms with van der Waals surface area (Å²) >= 11 is 5.90. The first kappa shape index (κ1) is 23.7. The van der Waals surface area contributed by atoms with E-state index in [1.807, 2.05) is 40.7 Å². The van der Waals surface area contributed by atoms with Gasteiger partial charge in [0.15, 0.2) is 11.5 Å². The molecule has 0 aliphatic rings. The molecule has 2 aromatic carbocycles. The van der Waals surface area contributed by atoms with Crippen LogP contribution in [-0.2, 0) is 4.74 Å². The van der Waals surface area contributed by atoms with Gasteiger partial charge in [-0.25, -0.2) is 9.59 Å². The van der Waals surface area contributed by atoms with E-state index in [0.29, 0.717) is 10.6 Å². The van der Waals surface area contributed by atoms with Gasteiger partial charge < -0.3 is 14.2 Å². The topological polar surface area (TPSA) is 61.8 Å². The first-order valence-electron chi connectivity index (χ1n) is 10.2. The number of hydrogen-bond donors (Lipinski definition) is 0. The van der Waals surface area contributed by atoms with Gasteiger partial charge in [-0.05, 0) is 54.2 Å². The number of carbonyl (C=O) groups is 2. The quantitative estimate of drug-likeness (QED) is 0.192. The Morgan fingerprint density at radius 2 is 1.63 bits per heavy atom. The van der Waals surface area contributed by atoms with Gasteiger partial charge in [-0.15, -0.1) is 0 Å². The second-order valence-electron chi connectivity index (χ2n) is 7.70. The maximum atomic E-state index is 12.7. The third-order valence-corrected chi connectivity index (χ3v) is 4.83. The van der Waals surface area contributed by atoms with Crippen molar-refractivity contribution in [1.29, 1.82) is 0 Å². The van der Waals surface area contributed by atoms with Crippen LogP contribution in [0.2, 0.25) is 5.02 Å². The lowest BCUT2D eigenvalue weighted by molar-refractivity contribution is 0.0712. The van der Waals surface area contributed by atoms with Crippen LogP contribution in [0.1, 0.15) is 80.8 Å². The zero-order chi connectivity index (χ0) is 22.3. The van der Waals surface area contributed by atoms with Gasteiger partial charge in [-0.3, -0.25) is 0 Å². The largest absolute Gasteiger partial charge is 0.513 e. The summed E-state index contributed by atoms with van der Waals surface area (Å²) in [6.45, 7) is 10.3. The summed E-state index contributed by atoms with van der Waals surface area (Å²) in [4.78, 5) is 24.9. The van der Waals surface area contributed by atoms with Crippen LogP contribution in [0.25, 0.3) is 0 Å². The highest BCUT2D eigenvalue weighted by Crippen LogP contribution is 2.39. The minimum atomic E-state index is -0.817. The van der Waals surface area contributed by atoms with E-state index >= 15 is 0 Å². The zero-order valence-corrected chi connectivity index (χ0v) is 18.9. The summed E-state index contributed by atoms with van der Waals surface area (Å²) in [5, 5.41) is 0.523. The van der Waals surface area contributed by atoms with Gasteiger partial charge in [0, 0.05) is 10.6 Å². The van der Waals surface area contributed by atoms with Gasteiger partial charge in [0.05, 0.1) is 12.2 Å². The molecule has 0 atom stereocenters. The highest BCUT2D eigenvalue weighted by atomic mass is 35.5. The second-order valence-corrected chi connectivity index (χ2v) is 8.13. The van der Waals surface area contributed by atoms with E-state index < -0.39 is 12.1 Å². The number of halogens is 1. The molecule has 0 N–H and O–H groups in total. The molecule has 0 saturated carbocycles. The minimum absolute atomic E-state index is 0.0372. The Labute approximate surface area is 183 Å². The van der Waals surface area contributed by atoms with Crippen molar-refractivity contribution in [2.24, 2.45) is 0 Å². The Balaban J connectivity index is 2.42. The standard InChI is InChI=1S/C24H29ClO5/c1-6-7-12-28-24(27)29-21-14-18(15(2)3)13-20(16(4)5)22(21)30-23(26)17-8-10-19(25)11-9-17/h8-11,13-16H,6-7,12H2,1-5H3. The van der Waals surface area contributed by atoms with Gasteiger partial charge in [-0.2, -0.15) is 0 Å². The molecular weight excluding hydrogens is 404 g/mol. The van der Waals surface area contributed by atoms with E-state index in [9.17, 15) is 9.59 Å². The maximum Gasteiger partial charge on any atom is 0.513 e. The minimum Gasteiger partial charge on any atom is -0.434 e. The van der Waals surface area contributed by atoms with Gasteiger partial charge >= 0.3 is 12.1 Å². The van der Waals surface area contributed by atoms with E-state index in [4.69, 9.17) is 25.8 Å². The Morgan fingerprint density at radius 1 is 0.967 bits per heavy atom. The van der Waals surface area contributed by atoms with E-state index in [1.54, 1.807) is 30.3 Å². The summed E-state index contributed by atoms with van der Waals surface area (Å²) in [6, 6.07) is 10.1. The van der Waals surface area contributed by atoms with Crippen LogP contribution in [-0.4, -0.2) is 18.7 Å². The molecule has 0 aromatic heterocycles. The molecule has 0 bridgehead atoms. The highest BCUT2D eigenvalue weighted by Gasteiger charge is 2.23. The molecule has 0 amide bonds. The Bertz CT molecular complexity index is 872. The molecule has 30 heavy (non-hydrogen) atoms. The lowest BCUT2D eigenvalue weighted by Gasteiger charge is -2.19. The molecule has 0 spiro atoms. The predicted octanol–water partition coefficient (Wildman–Crippen LogP) is 7.12. The van der Waals surface area contributed by atoms with Gasteiger partial charge in [0.1, 0.15) is 0 Å². The molecule has 2 aromatic rings. The molecule has 0 aliphatic heterocycles. The first-order chi connectivity index (χ1) is 14.2. The van der Waals surface area contributed by atoms with Crippen molar-refractivity contribution in [1.82, 2.24) is 0 Å². The monoisotopic (exact) mass is 432 g/mol. The number of rotatable bonds is 8. The number of esters is 1. The SMILES string of the molecule is CCCCOC(=O)Oc1cc(C(C)C)cc(C(C)C)c1OC(=O)c1ccc(Cl)cc1. The molecule has 0 fully saturated rings. The molecule has 6 heteroatoms. The third kappa shape index (κ3) is 6.49. The van der Waals surface area contributed by atoms with Crippen LogP contribution in [0, 0.1) is 0 Å². The van der Waals surface area contributed by atoms with E-state index in [0.717, 1.165) is 24.0 Å². The average molecular weight is 433 g/mol. The molecule has 2 rings (SSSR count). The van der Waals surface area contributed by atoms with Gasteiger partial charge in [-0.1, -0.05) is 58.7 Å². The number of unbranched alkanes of at least 4 members (excludes halogenated alkanes) is 1. The van der Waals surface area contributed by atoms with Gasteiger partial charge in [0.2, 0.25) is 0 Å². The van der Waals surface area contributed by atoms with Gasteiger partial charge in [0.25, 0.3) is 0 Å². The highest BCUT2D eigenvalue weighted by molar-refractivity contribution is 6.30. The lowest BCUT2D eigenvalue weighted by Crippen LogP contribution is -2.16. The van der Waals surface area contributed by atoms with Crippen LogP contribution in [0.4, 0.5) is 4.79 Å². The lowest BCUT2D eigenvalue weighted by atomic mass is 9.94. The molecule has 0 unspecified atom stereocenters. The van der Waals surface area contributed by atoms with Crippen molar-refractivity contribution in [2.75, 3.05) is 6.61 Å². The van der Waals surface area contributed by atoms with Crippen LogP contribution in [0.3, 0.4) is 0 Å². The van der Waals surface area contributed by atoms with Crippen molar-refractivity contribution < 1.29 is 23.8 Å². The Kier molecular flexibility index (Phi) is 8.72. The fourth-order valence-corrected chi connectivity index (χ4v) is 2.88. The molecule has 0 saturated heterocycles. The number of hydrogen-bond acceptors (Lipinski definition) is 5. The molecule has 0 heterocycles.